The molecule has 0 fully saturated rings. The van der Waals surface area contributed by atoms with Crippen LogP contribution in [0.25, 0.3) is 0 Å². The van der Waals surface area contributed by atoms with Crippen LogP contribution in [-0.2, 0) is 10.1 Å². The van der Waals surface area contributed by atoms with Crippen LogP contribution < -0.4 is 0 Å². The van der Waals surface area contributed by atoms with E-state index >= 15 is 0 Å². The van der Waals surface area contributed by atoms with Gasteiger partial charge in [0.1, 0.15) is 5.25 Å². The molecule has 0 aliphatic carbocycles. The smallest absolute Gasteiger partial charge is 0.273 e. The zero-order valence-electron chi connectivity index (χ0n) is 7.71. The molecule has 1 aromatic heterocycles. The van der Waals surface area contributed by atoms with Gasteiger partial charge >= 0.3 is 0 Å². The molecule has 0 spiro atoms. The molecule has 80 valence electrons. The fourth-order valence-electron chi connectivity index (χ4n) is 1.14. The SMILES string of the molecule is CCC(c1ccccn1)S(=O)(=O)O.O. The van der Waals surface area contributed by atoms with Crippen molar-refractivity contribution in [3.05, 3.63) is 30.1 Å². The summed E-state index contributed by atoms with van der Waals surface area (Å²) in [5.41, 5.74) is 0.382. The molecule has 14 heavy (non-hydrogen) atoms. The van der Waals surface area contributed by atoms with Crippen molar-refractivity contribution in [3.8, 4) is 0 Å². The maximum absolute atomic E-state index is 10.9. The fraction of sp³-hybridized carbons (Fsp3) is 0.375. The highest BCUT2D eigenvalue weighted by molar-refractivity contribution is 7.86. The monoisotopic (exact) mass is 219 g/mol. The van der Waals surface area contributed by atoms with E-state index in [2.05, 4.69) is 4.98 Å². The van der Waals surface area contributed by atoms with Crippen LogP contribution in [0, 0.1) is 0 Å². The first-order valence-corrected chi connectivity index (χ1v) is 5.43. The van der Waals surface area contributed by atoms with Crippen molar-refractivity contribution in [2.45, 2.75) is 18.6 Å². The second kappa shape index (κ2) is 5.04. The van der Waals surface area contributed by atoms with Crippen molar-refractivity contribution in [3.63, 3.8) is 0 Å². The normalized spacial score (nSPS) is 13.0. The van der Waals surface area contributed by atoms with E-state index in [-0.39, 0.29) is 5.48 Å². The Morgan fingerprint density at radius 2 is 2.14 bits per heavy atom. The van der Waals surface area contributed by atoms with Crippen molar-refractivity contribution in [2.24, 2.45) is 0 Å². The molecular weight excluding hydrogens is 206 g/mol. The molecule has 0 aromatic carbocycles. The van der Waals surface area contributed by atoms with Crippen LogP contribution in [0.4, 0.5) is 0 Å². The Hall–Kier alpha value is -0.980. The standard InChI is InChI=1S/C8H11NO3S.H2O/c1-2-8(13(10,11)12)7-5-3-4-6-9-7;/h3-6,8H,2H2,1H3,(H,10,11,12);1H2. The number of hydrogen-bond donors (Lipinski definition) is 1. The molecule has 3 N–H and O–H groups in total. The van der Waals surface area contributed by atoms with Crippen LogP contribution in [0.5, 0.6) is 0 Å². The molecule has 5 nitrogen and oxygen atoms in total. The second-order valence-electron chi connectivity index (χ2n) is 2.67. The largest absolute Gasteiger partial charge is 0.412 e. The molecule has 0 saturated carbocycles. The van der Waals surface area contributed by atoms with E-state index in [0.717, 1.165) is 0 Å². The summed E-state index contributed by atoms with van der Waals surface area (Å²) in [5.74, 6) is 0. The summed E-state index contributed by atoms with van der Waals surface area (Å²) in [5, 5.41) is -0.909. The highest BCUT2D eigenvalue weighted by Crippen LogP contribution is 2.22. The number of aromatic nitrogens is 1. The second-order valence-corrected chi connectivity index (χ2v) is 4.27. The maximum Gasteiger partial charge on any atom is 0.273 e. The van der Waals surface area contributed by atoms with Crippen LogP contribution in [-0.4, -0.2) is 23.4 Å². The van der Waals surface area contributed by atoms with Crippen molar-refractivity contribution < 1.29 is 18.4 Å². The van der Waals surface area contributed by atoms with Gasteiger partial charge in [-0.15, -0.1) is 0 Å². The topological polar surface area (TPSA) is 98.8 Å². The minimum Gasteiger partial charge on any atom is -0.412 e. The molecule has 0 radical (unpaired) electrons. The molecule has 1 rings (SSSR count). The van der Waals surface area contributed by atoms with Gasteiger partial charge in [0.05, 0.1) is 5.69 Å². The van der Waals surface area contributed by atoms with Crippen LogP contribution in [0.3, 0.4) is 0 Å². The maximum atomic E-state index is 10.9. The lowest BCUT2D eigenvalue weighted by molar-refractivity contribution is 0.465. The lowest BCUT2D eigenvalue weighted by Crippen LogP contribution is -2.12. The highest BCUT2D eigenvalue weighted by atomic mass is 32.2. The third kappa shape index (κ3) is 3.06. The van der Waals surface area contributed by atoms with Crippen LogP contribution in [0.15, 0.2) is 24.4 Å². The zero-order valence-corrected chi connectivity index (χ0v) is 8.53. The molecule has 0 amide bonds. The molecule has 1 heterocycles. The van der Waals surface area contributed by atoms with Gasteiger partial charge in [-0.05, 0) is 18.6 Å². The third-order valence-electron chi connectivity index (χ3n) is 1.75. The first-order chi connectivity index (χ1) is 6.05. The van der Waals surface area contributed by atoms with E-state index in [9.17, 15) is 8.42 Å². The highest BCUT2D eigenvalue weighted by Gasteiger charge is 2.23. The quantitative estimate of drug-likeness (QED) is 0.752. The Morgan fingerprint density at radius 1 is 1.50 bits per heavy atom. The summed E-state index contributed by atoms with van der Waals surface area (Å²) < 4.78 is 30.6. The van der Waals surface area contributed by atoms with Gasteiger partial charge in [0, 0.05) is 6.20 Å². The lowest BCUT2D eigenvalue weighted by atomic mass is 10.2. The molecule has 1 unspecified atom stereocenters. The average molecular weight is 219 g/mol. The lowest BCUT2D eigenvalue weighted by Gasteiger charge is -2.09. The molecule has 1 aromatic rings. The van der Waals surface area contributed by atoms with Gasteiger partial charge in [-0.1, -0.05) is 13.0 Å². The average Bonchev–Trinajstić information content (AvgIpc) is 2.05. The fourth-order valence-corrected chi connectivity index (χ4v) is 2.00. The van der Waals surface area contributed by atoms with Crippen LogP contribution >= 0.6 is 0 Å². The summed E-state index contributed by atoms with van der Waals surface area (Å²) in [6.07, 6.45) is 1.82. The van der Waals surface area contributed by atoms with E-state index in [4.69, 9.17) is 4.55 Å². The van der Waals surface area contributed by atoms with Gasteiger partial charge in [-0.3, -0.25) is 9.54 Å². The molecule has 6 heteroatoms. The summed E-state index contributed by atoms with van der Waals surface area (Å²) in [6, 6.07) is 4.97. The van der Waals surface area contributed by atoms with Gasteiger partial charge in [0.25, 0.3) is 10.1 Å². The van der Waals surface area contributed by atoms with E-state index < -0.39 is 15.4 Å². The summed E-state index contributed by atoms with van der Waals surface area (Å²) in [6.45, 7) is 1.69. The minimum absolute atomic E-state index is 0. The van der Waals surface area contributed by atoms with Gasteiger partial charge in [0.2, 0.25) is 0 Å². The van der Waals surface area contributed by atoms with Crippen LogP contribution in [0.1, 0.15) is 24.3 Å². The third-order valence-corrected chi connectivity index (χ3v) is 3.04. The molecule has 0 bridgehead atoms. The van der Waals surface area contributed by atoms with Gasteiger partial charge in [0.15, 0.2) is 0 Å². The van der Waals surface area contributed by atoms with Crippen molar-refractivity contribution in [1.82, 2.24) is 4.98 Å². The Labute approximate surface area is 82.9 Å². The zero-order chi connectivity index (χ0) is 9.90. The van der Waals surface area contributed by atoms with Crippen molar-refractivity contribution >= 4 is 10.1 Å². The molecular formula is C8H13NO4S. The number of rotatable bonds is 3. The first kappa shape index (κ1) is 13.0. The van der Waals surface area contributed by atoms with Gasteiger partial charge < -0.3 is 5.48 Å². The van der Waals surface area contributed by atoms with E-state index in [1.165, 1.54) is 6.20 Å². The summed E-state index contributed by atoms with van der Waals surface area (Å²) in [7, 11) is -4.03. The Morgan fingerprint density at radius 3 is 2.50 bits per heavy atom. The molecule has 1 atom stereocenters. The van der Waals surface area contributed by atoms with E-state index in [0.29, 0.717) is 12.1 Å². The Bertz CT molecular complexity index is 362. The summed E-state index contributed by atoms with van der Waals surface area (Å²) in [4.78, 5) is 3.88. The Kier molecular flexibility index (Phi) is 4.69. The van der Waals surface area contributed by atoms with Crippen LogP contribution in [0.2, 0.25) is 0 Å². The van der Waals surface area contributed by atoms with Gasteiger partial charge in [-0.2, -0.15) is 8.42 Å². The van der Waals surface area contributed by atoms with E-state index in [1.54, 1.807) is 25.1 Å². The van der Waals surface area contributed by atoms with Gasteiger partial charge in [-0.25, -0.2) is 0 Å². The van der Waals surface area contributed by atoms with Crippen molar-refractivity contribution in [1.29, 1.82) is 0 Å². The predicted molar refractivity (Wildman–Crippen MR) is 52.4 cm³/mol. The number of nitrogens with zero attached hydrogens (tertiary/aromatic N) is 1. The number of hydrogen-bond acceptors (Lipinski definition) is 3. The van der Waals surface area contributed by atoms with Crippen molar-refractivity contribution in [2.75, 3.05) is 0 Å². The predicted octanol–water partition coefficient (Wildman–Crippen LogP) is 0.596. The molecule has 0 aliphatic rings. The molecule has 0 saturated heterocycles. The number of pyridine rings is 1. The first-order valence-electron chi connectivity index (χ1n) is 3.93. The molecule has 0 aliphatic heterocycles. The Balaban J connectivity index is 0.00000169. The minimum atomic E-state index is -4.03. The summed E-state index contributed by atoms with van der Waals surface area (Å²) >= 11 is 0. The van der Waals surface area contributed by atoms with E-state index in [1.807, 2.05) is 0 Å².